The number of aliphatic carboxylic acids is 1. The van der Waals surface area contributed by atoms with Crippen molar-refractivity contribution in [3.63, 3.8) is 0 Å². The summed E-state index contributed by atoms with van der Waals surface area (Å²) in [5.74, 6) is 6.35. The summed E-state index contributed by atoms with van der Waals surface area (Å²) < 4.78 is 29.9. The summed E-state index contributed by atoms with van der Waals surface area (Å²) >= 11 is 17.3. The molecule has 0 bridgehead atoms. The SMILES string of the molecule is CC(C)(C)OC(=O)N1CCCC(C(=O)O)C1.Clc1cnccn1.Nc1ncnn2c(C3CCCNC3)nc(-c3ccc(Oc4ccccc4)cc3)c12.O=Cc1ccc(Oc2ccccc2)cc1.OC(c1ccc(Oc2ccccc2)cc1)c1nccnc1Cl.OC(c1ccc(Oc2ccccc2)cc1)c1nccnc1Cl.[CH2-]CCC.[Li+]. The molecule has 24 nitrogen and oxygen atoms in total. The quantitative estimate of drug-likeness (QED) is 0.0321. The molecule has 2 fully saturated rings. The maximum absolute atomic E-state index is 11.7. The second-order valence-electron chi connectivity index (χ2n) is 26.5. The molecule has 0 aliphatic carbocycles. The maximum atomic E-state index is 11.7. The first kappa shape index (κ1) is 89.9. The fourth-order valence-electron chi connectivity index (χ4n) is 11.0. The average molecular weight is 1620 g/mol. The number of carbonyl (C=O) groups excluding carboxylic acids is 2. The molecule has 1 amide bonds. The van der Waals surface area contributed by atoms with Crippen LogP contribution in [0.3, 0.4) is 0 Å². The Labute approximate surface area is 701 Å². The minimum absolute atomic E-state index is 0. The molecule has 28 heteroatoms. The topological polar surface area (TPSA) is 320 Å². The van der Waals surface area contributed by atoms with E-state index in [1.54, 1.807) is 106 Å². The van der Waals surface area contributed by atoms with Crippen molar-refractivity contribution in [3.05, 3.63) is 324 Å². The van der Waals surface area contributed by atoms with E-state index in [9.17, 15) is 24.6 Å². The number of ether oxygens (including phenoxy) is 5. The molecule has 594 valence electrons. The molecular formula is C88H89Cl3LiN13O11. The van der Waals surface area contributed by atoms with Crippen molar-refractivity contribution in [2.45, 2.75) is 89.9 Å². The van der Waals surface area contributed by atoms with Gasteiger partial charge in [0.15, 0.2) is 16.1 Å². The normalized spacial score (nSPS) is 13.7. The molecule has 0 saturated carbocycles. The van der Waals surface area contributed by atoms with E-state index in [1.807, 2.05) is 150 Å². The van der Waals surface area contributed by atoms with Crippen molar-refractivity contribution in [2.75, 3.05) is 31.9 Å². The zero-order valence-electron chi connectivity index (χ0n) is 64.8. The minimum Gasteiger partial charge on any atom is -0.481 e. The van der Waals surface area contributed by atoms with Crippen LogP contribution in [0.2, 0.25) is 15.5 Å². The zero-order valence-corrected chi connectivity index (χ0v) is 67.1. The predicted molar refractivity (Wildman–Crippen MR) is 444 cm³/mol. The van der Waals surface area contributed by atoms with Crippen molar-refractivity contribution in [3.8, 4) is 57.3 Å². The molecule has 2 saturated heterocycles. The van der Waals surface area contributed by atoms with E-state index in [1.165, 1.54) is 48.6 Å². The second-order valence-corrected chi connectivity index (χ2v) is 27.6. The maximum Gasteiger partial charge on any atom is 1.00 e. The van der Waals surface area contributed by atoms with E-state index >= 15 is 0 Å². The summed E-state index contributed by atoms with van der Waals surface area (Å²) in [6.07, 6.45) is 16.4. The Kier molecular flexibility index (Phi) is 36.6. The van der Waals surface area contributed by atoms with Gasteiger partial charge in [-0.3, -0.25) is 24.5 Å². The number of aliphatic hydroxyl groups excluding tert-OH is 2. The summed E-state index contributed by atoms with van der Waals surface area (Å²) in [5, 5.41) is 38.3. The smallest absolute Gasteiger partial charge is 0.481 e. The summed E-state index contributed by atoms with van der Waals surface area (Å²) in [6, 6.07) is 67.3. The molecule has 0 spiro atoms. The van der Waals surface area contributed by atoms with Gasteiger partial charge in [0.25, 0.3) is 0 Å². The van der Waals surface area contributed by atoms with Crippen molar-refractivity contribution in [1.29, 1.82) is 0 Å². The van der Waals surface area contributed by atoms with Gasteiger partial charge in [-0.25, -0.2) is 34.2 Å². The fourth-order valence-corrected chi connectivity index (χ4v) is 11.6. The molecule has 7 heterocycles. The van der Waals surface area contributed by atoms with Gasteiger partial charge in [-0.15, -0.1) is 0 Å². The number of aldehydes is 1. The van der Waals surface area contributed by atoms with Gasteiger partial charge in [0, 0.05) is 73.9 Å². The fraction of sp³-hybridized carbons (Fsp3) is 0.216. The third kappa shape index (κ3) is 29.0. The molecule has 2 aliphatic rings. The van der Waals surface area contributed by atoms with Gasteiger partial charge in [0.2, 0.25) is 0 Å². The van der Waals surface area contributed by atoms with Gasteiger partial charge < -0.3 is 61.9 Å². The van der Waals surface area contributed by atoms with Crippen LogP contribution in [0.5, 0.6) is 46.0 Å². The number of halogens is 3. The number of benzene rings is 8. The van der Waals surface area contributed by atoms with Gasteiger partial charge in [-0.1, -0.05) is 145 Å². The molecule has 6 N–H and O–H groups in total. The van der Waals surface area contributed by atoms with Crippen LogP contribution in [0.15, 0.2) is 268 Å². The first-order valence-electron chi connectivity index (χ1n) is 36.9. The third-order valence-electron chi connectivity index (χ3n) is 16.8. The van der Waals surface area contributed by atoms with Gasteiger partial charge in [-0.2, -0.15) is 11.5 Å². The number of imidazole rings is 1. The number of para-hydroxylation sites is 4. The number of nitrogens with zero attached hydrogens (tertiary/aromatic N) is 11. The number of rotatable bonds is 17. The third-order valence-corrected chi connectivity index (χ3v) is 17.6. The number of likely N-dealkylation sites (tertiary alicyclic amines) is 1. The van der Waals surface area contributed by atoms with Crippen molar-refractivity contribution < 1.29 is 72.2 Å². The Bertz CT molecular complexity index is 4930. The Morgan fingerprint density at radius 1 is 0.595 bits per heavy atom. The molecule has 2 aliphatic heterocycles. The van der Waals surface area contributed by atoms with Crippen LogP contribution >= 0.6 is 34.8 Å². The monoisotopic (exact) mass is 1620 g/mol. The summed E-state index contributed by atoms with van der Waals surface area (Å²) in [6.45, 7) is 13.9. The number of unbranched alkanes of at least 4 members (excludes halogenated alkanes) is 1. The number of fused-ring (bicyclic) bond motifs is 1. The molecule has 8 aromatic carbocycles. The van der Waals surface area contributed by atoms with Gasteiger partial charge in [-0.05, 0) is 185 Å². The molecule has 15 rings (SSSR count). The number of carboxylic acid groups (broad SMARTS) is 1. The minimum atomic E-state index is -0.924. The van der Waals surface area contributed by atoms with E-state index in [4.69, 9.17) is 74.3 Å². The van der Waals surface area contributed by atoms with Crippen molar-refractivity contribution >= 4 is 64.5 Å². The molecule has 13 aromatic rings. The number of nitrogen functional groups attached to an aromatic ring is 1. The number of anilines is 1. The van der Waals surface area contributed by atoms with Gasteiger partial charge in [0.1, 0.15) is 110 Å². The van der Waals surface area contributed by atoms with E-state index in [0.29, 0.717) is 69.4 Å². The predicted octanol–water partition coefficient (Wildman–Crippen LogP) is 16.4. The summed E-state index contributed by atoms with van der Waals surface area (Å²) in [4.78, 5) is 66.9. The number of nitrogens with two attached hydrogens (primary N) is 1. The largest absolute Gasteiger partial charge is 1.00 e. The number of aromatic nitrogens is 10. The van der Waals surface area contributed by atoms with Crippen LogP contribution in [0.25, 0.3) is 16.8 Å². The van der Waals surface area contributed by atoms with Crippen LogP contribution in [0.1, 0.15) is 123 Å². The van der Waals surface area contributed by atoms with Crippen LogP contribution in [-0.4, -0.2) is 120 Å². The first-order chi connectivity index (χ1) is 55.8. The van der Waals surface area contributed by atoms with Crippen LogP contribution in [0.4, 0.5) is 10.6 Å². The first-order valence-corrected chi connectivity index (χ1v) is 38.1. The summed E-state index contributed by atoms with van der Waals surface area (Å²) in [7, 11) is 0. The van der Waals surface area contributed by atoms with E-state index in [2.05, 4.69) is 59.2 Å². The summed E-state index contributed by atoms with van der Waals surface area (Å²) in [5.41, 5.74) is 10.9. The molecule has 4 unspecified atom stereocenters. The molecular weight excluding hydrogens is 1530 g/mol. The Balaban J connectivity index is 0.000000178. The van der Waals surface area contributed by atoms with Crippen LogP contribution in [-0.2, 0) is 9.53 Å². The van der Waals surface area contributed by atoms with Crippen molar-refractivity contribution in [1.82, 2.24) is 59.7 Å². The number of hydrogen-bond donors (Lipinski definition) is 5. The number of aliphatic hydroxyl groups is 2. The van der Waals surface area contributed by atoms with Crippen molar-refractivity contribution in [2.24, 2.45) is 5.92 Å². The number of nitrogens with one attached hydrogen (secondary N) is 1. The Morgan fingerprint density at radius 2 is 1.03 bits per heavy atom. The molecule has 0 radical (unpaired) electrons. The standard InChI is InChI=1S/C22H22N6O.2C17H13ClN2O2.C13H10O2.C11H19NO4.C4H3ClN2.C4H9.Li/c23-21-20-19(15-8-10-18(11-9-15)29-17-6-2-1-3-7-17)27-22(28(20)26-14-25-21)16-5-4-12-24-13-16;2*18-17-15(19-10-11-20-17)16(21)12-6-8-14(9-7-12)22-13-4-2-1-3-5-13;14-10-11-6-8-13(9-7-11)15-12-4-2-1-3-5-12;1-11(2,3)16-10(15)12-6-4-5-8(7-12)9(13)14;5-4-3-6-1-2-7-4;1-3-4-2;/h1-3,6-11,14,16,24H,4-5,12-13H2,(H2,23,25,26);2*1-11,16,21H;1-10H;8H,4-7H2,1-3H3,(H,13,14);1-3H;1,3-4H2,2H3;/q;;;;;;-1;+1. The molecule has 5 aromatic heterocycles. The van der Waals surface area contributed by atoms with Gasteiger partial charge >= 0.3 is 30.9 Å². The number of piperidine rings is 2. The molecule has 4 atom stereocenters. The Morgan fingerprint density at radius 3 is 1.41 bits per heavy atom. The number of amides is 1. The second kappa shape index (κ2) is 47.2. The number of hydrogen-bond acceptors (Lipinski definition) is 21. The Hall–Kier alpha value is -11.7. The number of carbonyl (C=O) groups is 3. The average Bonchev–Trinajstić information content (AvgIpc) is 1.61. The zero-order chi connectivity index (χ0) is 81.7. The van der Waals surface area contributed by atoms with E-state index < -0.39 is 35.8 Å². The van der Waals surface area contributed by atoms with Gasteiger partial charge in [0.05, 0.1) is 12.1 Å². The van der Waals surface area contributed by atoms with E-state index in [0.717, 1.165) is 102 Å². The molecule has 116 heavy (non-hydrogen) atoms. The van der Waals surface area contributed by atoms with E-state index in [-0.39, 0.29) is 35.7 Å². The van der Waals surface area contributed by atoms with Crippen LogP contribution in [0, 0.1) is 12.8 Å². The number of carboxylic acids is 1. The van der Waals surface area contributed by atoms with Crippen LogP contribution < -0.4 is 48.9 Å².